The van der Waals surface area contributed by atoms with E-state index in [1.807, 2.05) is 0 Å². The molecule has 0 radical (unpaired) electrons. The second kappa shape index (κ2) is 9.86. The number of nitro benzene ring substituents is 1. The third kappa shape index (κ3) is 6.33. The number of nitro groups is 1. The van der Waals surface area contributed by atoms with E-state index in [9.17, 15) is 23.3 Å². The largest absolute Gasteiger partial charge is 0.484 e. The lowest BCUT2D eigenvalue weighted by Crippen LogP contribution is -2.20. The molecule has 0 saturated carbocycles. The van der Waals surface area contributed by atoms with Crippen LogP contribution in [0.4, 0.5) is 17.1 Å². The smallest absolute Gasteiger partial charge is 0.271 e. The van der Waals surface area contributed by atoms with Crippen molar-refractivity contribution in [3.63, 3.8) is 0 Å². The minimum absolute atomic E-state index is 0.0398. The van der Waals surface area contributed by atoms with Gasteiger partial charge in [0.2, 0.25) is 0 Å². The maximum atomic E-state index is 12.5. The standard InChI is InChI=1S/C20H15Cl2N3O6S/c21-13-8-14(22)10-16(9-13)24-32(29,30)19-6-4-18(5-7-19)31-12-20(26)23-15-2-1-3-17(11-15)25(27)28/h1-11,24H,12H2,(H,23,26). The Bertz CT molecular complexity index is 1250. The SMILES string of the molecule is O=C(COc1ccc(S(=O)(=O)Nc2cc(Cl)cc(Cl)c2)cc1)Nc1cccc([N+](=O)[O-])c1. The molecule has 166 valence electrons. The summed E-state index contributed by atoms with van der Waals surface area (Å²) in [5, 5.41) is 13.8. The number of carbonyl (C=O) groups is 1. The van der Waals surface area contributed by atoms with Crippen LogP contribution < -0.4 is 14.8 Å². The topological polar surface area (TPSA) is 128 Å². The highest BCUT2D eigenvalue weighted by molar-refractivity contribution is 7.92. The Morgan fingerprint density at radius 1 is 0.969 bits per heavy atom. The van der Waals surface area contributed by atoms with E-state index in [0.29, 0.717) is 0 Å². The van der Waals surface area contributed by atoms with Crippen molar-refractivity contribution in [3.8, 4) is 5.75 Å². The number of sulfonamides is 1. The fraction of sp³-hybridized carbons (Fsp3) is 0.0500. The molecule has 3 aromatic rings. The molecular formula is C20H15Cl2N3O6S. The van der Waals surface area contributed by atoms with Gasteiger partial charge in [-0.15, -0.1) is 0 Å². The number of non-ortho nitro benzene ring substituents is 1. The number of ether oxygens (including phenoxy) is 1. The van der Waals surface area contributed by atoms with Gasteiger partial charge in [-0.25, -0.2) is 8.42 Å². The first-order valence-electron chi connectivity index (χ1n) is 8.88. The molecule has 0 unspecified atom stereocenters. The molecule has 0 aliphatic carbocycles. The number of nitrogens with zero attached hydrogens (tertiary/aromatic N) is 1. The van der Waals surface area contributed by atoms with Crippen LogP contribution in [0.25, 0.3) is 0 Å². The normalized spacial score (nSPS) is 10.9. The summed E-state index contributed by atoms with van der Waals surface area (Å²) in [7, 11) is -3.90. The van der Waals surface area contributed by atoms with E-state index < -0.39 is 20.9 Å². The molecule has 0 fully saturated rings. The molecule has 0 bridgehead atoms. The van der Waals surface area contributed by atoms with Gasteiger partial charge in [0.25, 0.3) is 21.6 Å². The number of benzene rings is 3. The fourth-order valence-corrected chi connectivity index (χ4v) is 4.15. The molecule has 0 saturated heterocycles. The van der Waals surface area contributed by atoms with Gasteiger partial charge in [0.1, 0.15) is 5.75 Å². The van der Waals surface area contributed by atoms with E-state index in [0.717, 1.165) is 0 Å². The van der Waals surface area contributed by atoms with Gasteiger partial charge in [-0.1, -0.05) is 29.3 Å². The van der Waals surface area contributed by atoms with Crippen molar-refractivity contribution in [2.75, 3.05) is 16.6 Å². The average molecular weight is 496 g/mol. The molecule has 0 spiro atoms. The summed E-state index contributed by atoms with van der Waals surface area (Å²) >= 11 is 11.8. The molecule has 9 nitrogen and oxygen atoms in total. The van der Waals surface area contributed by atoms with Crippen molar-refractivity contribution in [2.24, 2.45) is 0 Å². The van der Waals surface area contributed by atoms with Gasteiger partial charge >= 0.3 is 0 Å². The van der Waals surface area contributed by atoms with Gasteiger partial charge in [0.05, 0.1) is 15.5 Å². The Morgan fingerprint density at radius 2 is 1.62 bits per heavy atom. The minimum Gasteiger partial charge on any atom is -0.484 e. The summed E-state index contributed by atoms with van der Waals surface area (Å²) in [6.45, 7) is -0.381. The molecule has 2 N–H and O–H groups in total. The summed E-state index contributed by atoms with van der Waals surface area (Å²) in [6.07, 6.45) is 0. The van der Waals surface area contributed by atoms with Crippen LogP contribution in [0.2, 0.25) is 10.0 Å². The van der Waals surface area contributed by atoms with Crippen LogP contribution in [-0.2, 0) is 14.8 Å². The Labute approximate surface area is 193 Å². The first-order valence-corrected chi connectivity index (χ1v) is 11.1. The van der Waals surface area contributed by atoms with Crippen LogP contribution in [-0.4, -0.2) is 25.9 Å². The number of halogens is 2. The van der Waals surface area contributed by atoms with Crippen LogP contribution in [0, 0.1) is 10.1 Å². The zero-order chi connectivity index (χ0) is 23.3. The summed E-state index contributed by atoms with van der Waals surface area (Å²) in [6, 6.07) is 15.2. The van der Waals surface area contributed by atoms with Crippen LogP contribution in [0.5, 0.6) is 5.75 Å². The quantitative estimate of drug-likeness (QED) is 0.343. The van der Waals surface area contributed by atoms with Crippen molar-refractivity contribution in [3.05, 3.63) is 86.9 Å². The fourth-order valence-electron chi connectivity index (χ4n) is 2.59. The summed E-state index contributed by atoms with van der Waals surface area (Å²) in [5.41, 5.74) is 0.302. The Morgan fingerprint density at radius 3 is 2.25 bits per heavy atom. The van der Waals surface area contributed by atoms with E-state index in [1.165, 1.54) is 66.7 Å². The Hall–Kier alpha value is -3.34. The number of rotatable bonds is 8. The average Bonchev–Trinajstić information content (AvgIpc) is 2.71. The molecule has 0 aromatic heterocycles. The monoisotopic (exact) mass is 495 g/mol. The Balaban J connectivity index is 1.60. The van der Waals surface area contributed by atoms with Crippen molar-refractivity contribution in [2.45, 2.75) is 4.90 Å². The van der Waals surface area contributed by atoms with Crippen molar-refractivity contribution in [1.82, 2.24) is 0 Å². The molecule has 3 rings (SSSR count). The molecule has 1 amide bonds. The first-order chi connectivity index (χ1) is 15.1. The number of nitrogens with one attached hydrogen (secondary N) is 2. The van der Waals surface area contributed by atoms with Crippen LogP contribution in [0.1, 0.15) is 0 Å². The predicted octanol–water partition coefficient (Wildman–Crippen LogP) is 4.72. The lowest BCUT2D eigenvalue weighted by Gasteiger charge is -2.10. The second-order valence-electron chi connectivity index (χ2n) is 6.38. The van der Waals surface area contributed by atoms with E-state index in [4.69, 9.17) is 27.9 Å². The zero-order valence-corrected chi connectivity index (χ0v) is 18.4. The summed E-state index contributed by atoms with van der Waals surface area (Å²) in [4.78, 5) is 22.2. The molecule has 0 heterocycles. The second-order valence-corrected chi connectivity index (χ2v) is 8.93. The number of hydrogen-bond acceptors (Lipinski definition) is 6. The highest BCUT2D eigenvalue weighted by Crippen LogP contribution is 2.25. The van der Waals surface area contributed by atoms with Crippen molar-refractivity contribution in [1.29, 1.82) is 0 Å². The van der Waals surface area contributed by atoms with Gasteiger partial charge in [-0.2, -0.15) is 0 Å². The molecule has 12 heteroatoms. The summed E-state index contributed by atoms with van der Waals surface area (Å²) in [5.74, 6) is -0.286. The van der Waals surface area contributed by atoms with Gasteiger partial charge in [0.15, 0.2) is 6.61 Å². The van der Waals surface area contributed by atoms with E-state index >= 15 is 0 Å². The molecule has 3 aromatic carbocycles. The maximum Gasteiger partial charge on any atom is 0.271 e. The van der Waals surface area contributed by atoms with Crippen molar-refractivity contribution < 1.29 is 22.9 Å². The highest BCUT2D eigenvalue weighted by Gasteiger charge is 2.15. The zero-order valence-electron chi connectivity index (χ0n) is 16.1. The molecule has 32 heavy (non-hydrogen) atoms. The first kappa shape index (κ1) is 23.3. The minimum atomic E-state index is -3.90. The van der Waals surface area contributed by atoms with E-state index in [2.05, 4.69) is 10.0 Å². The van der Waals surface area contributed by atoms with Crippen molar-refractivity contribution >= 4 is 56.2 Å². The van der Waals surface area contributed by atoms with E-state index in [-0.39, 0.29) is 44.4 Å². The van der Waals surface area contributed by atoms with E-state index in [1.54, 1.807) is 0 Å². The van der Waals surface area contributed by atoms with Crippen LogP contribution in [0.3, 0.4) is 0 Å². The van der Waals surface area contributed by atoms with Crippen LogP contribution >= 0.6 is 23.2 Å². The highest BCUT2D eigenvalue weighted by atomic mass is 35.5. The number of amides is 1. The predicted molar refractivity (Wildman–Crippen MR) is 121 cm³/mol. The van der Waals surface area contributed by atoms with Gasteiger partial charge in [-0.05, 0) is 48.5 Å². The summed E-state index contributed by atoms with van der Waals surface area (Å²) < 4.78 is 32.8. The van der Waals surface area contributed by atoms with Gasteiger partial charge in [-0.3, -0.25) is 19.6 Å². The third-order valence-electron chi connectivity index (χ3n) is 3.96. The van der Waals surface area contributed by atoms with Gasteiger partial charge in [0, 0.05) is 27.9 Å². The van der Waals surface area contributed by atoms with Gasteiger partial charge < -0.3 is 10.1 Å². The molecule has 0 aliphatic rings. The third-order valence-corrected chi connectivity index (χ3v) is 5.79. The number of carbonyl (C=O) groups excluding carboxylic acids is 1. The lowest BCUT2D eigenvalue weighted by molar-refractivity contribution is -0.384. The lowest BCUT2D eigenvalue weighted by atomic mass is 10.3. The molecule has 0 atom stereocenters. The molecular weight excluding hydrogens is 481 g/mol. The number of anilines is 2. The Kier molecular flexibility index (Phi) is 7.18. The maximum absolute atomic E-state index is 12.5. The number of hydrogen-bond donors (Lipinski definition) is 2. The molecule has 0 aliphatic heterocycles. The van der Waals surface area contributed by atoms with Crippen LogP contribution in [0.15, 0.2) is 71.6 Å².